The van der Waals surface area contributed by atoms with Gasteiger partial charge in [-0.2, -0.15) is 0 Å². The zero-order valence-corrected chi connectivity index (χ0v) is 11.3. The second-order valence-corrected chi connectivity index (χ2v) is 5.07. The lowest BCUT2D eigenvalue weighted by Gasteiger charge is -2.35. The zero-order chi connectivity index (χ0) is 16.2. The highest BCUT2D eigenvalue weighted by atomic mass is 16.4. The summed E-state index contributed by atoms with van der Waals surface area (Å²) in [5.41, 5.74) is 0.121. The van der Waals surface area contributed by atoms with Gasteiger partial charge in [0.05, 0.1) is 25.4 Å². The average Bonchev–Trinajstić information content (AvgIpc) is 2.50. The highest BCUT2D eigenvalue weighted by Gasteiger charge is 2.37. The third kappa shape index (κ3) is 4.42. The van der Waals surface area contributed by atoms with Gasteiger partial charge in [-0.15, -0.1) is 0 Å². The molecule has 0 aromatic carbocycles. The molecule has 7 unspecified atom stereocenters. The SMILES string of the molecule is OCC1=CC(NCC(O)C(O)C(O)CO)C(O)C(O)C1O. The largest absolute Gasteiger partial charge is 0.394 e. The first-order valence-corrected chi connectivity index (χ1v) is 6.57. The number of rotatable bonds is 7. The fourth-order valence-corrected chi connectivity index (χ4v) is 2.11. The van der Waals surface area contributed by atoms with Crippen molar-refractivity contribution in [1.82, 2.24) is 5.32 Å². The lowest BCUT2D eigenvalue weighted by atomic mass is 9.88. The van der Waals surface area contributed by atoms with Crippen molar-refractivity contribution in [3.8, 4) is 0 Å². The van der Waals surface area contributed by atoms with Gasteiger partial charge in [-0.05, 0) is 5.57 Å². The van der Waals surface area contributed by atoms with Gasteiger partial charge in [-0.3, -0.25) is 0 Å². The minimum Gasteiger partial charge on any atom is -0.394 e. The molecule has 0 spiro atoms. The molecule has 0 bridgehead atoms. The van der Waals surface area contributed by atoms with Crippen LogP contribution >= 0.6 is 0 Å². The van der Waals surface area contributed by atoms with Gasteiger partial charge >= 0.3 is 0 Å². The monoisotopic (exact) mass is 309 g/mol. The van der Waals surface area contributed by atoms with E-state index in [1.54, 1.807) is 0 Å². The molecule has 124 valence electrons. The van der Waals surface area contributed by atoms with E-state index < -0.39 is 55.9 Å². The molecule has 1 aliphatic rings. The standard InChI is InChI=1S/C12H23NO8/c14-3-5-1-6(10(19)12(21)9(5)18)13-2-7(16)11(20)8(17)4-15/h1,6-21H,2-4H2. The van der Waals surface area contributed by atoms with E-state index in [1.807, 2.05) is 0 Å². The summed E-state index contributed by atoms with van der Waals surface area (Å²) < 4.78 is 0. The van der Waals surface area contributed by atoms with Gasteiger partial charge in [0.25, 0.3) is 0 Å². The topological polar surface area (TPSA) is 174 Å². The van der Waals surface area contributed by atoms with Crippen LogP contribution in [0.1, 0.15) is 0 Å². The molecule has 9 N–H and O–H groups in total. The van der Waals surface area contributed by atoms with E-state index in [-0.39, 0.29) is 12.1 Å². The van der Waals surface area contributed by atoms with Crippen molar-refractivity contribution in [2.24, 2.45) is 0 Å². The Morgan fingerprint density at radius 2 is 1.62 bits per heavy atom. The van der Waals surface area contributed by atoms with Gasteiger partial charge in [-0.1, -0.05) is 6.08 Å². The molecule has 0 aromatic heterocycles. The number of aliphatic hydroxyl groups is 8. The maximum atomic E-state index is 9.80. The van der Waals surface area contributed by atoms with Gasteiger partial charge < -0.3 is 46.2 Å². The lowest BCUT2D eigenvalue weighted by Crippen LogP contribution is -2.56. The van der Waals surface area contributed by atoms with Crippen molar-refractivity contribution >= 4 is 0 Å². The third-order valence-electron chi connectivity index (χ3n) is 3.54. The van der Waals surface area contributed by atoms with Crippen LogP contribution < -0.4 is 5.32 Å². The van der Waals surface area contributed by atoms with Gasteiger partial charge in [-0.25, -0.2) is 0 Å². The van der Waals surface area contributed by atoms with E-state index in [2.05, 4.69) is 5.32 Å². The van der Waals surface area contributed by atoms with Crippen LogP contribution in [0.25, 0.3) is 0 Å². The van der Waals surface area contributed by atoms with Crippen LogP contribution in [-0.2, 0) is 0 Å². The molecule has 0 fully saturated rings. The Labute approximate surface area is 121 Å². The second-order valence-electron chi connectivity index (χ2n) is 5.07. The maximum Gasteiger partial charge on any atom is 0.111 e. The van der Waals surface area contributed by atoms with E-state index in [0.29, 0.717) is 0 Å². The fourth-order valence-electron chi connectivity index (χ4n) is 2.11. The van der Waals surface area contributed by atoms with Crippen LogP contribution in [0.15, 0.2) is 11.6 Å². The van der Waals surface area contributed by atoms with Crippen molar-refractivity contribution < 1.29 is 40.9 Å². The first-order valence-electron chi connectivity index (χ1n) is 6.57. The van der Waals surface area contributed by atoms with Crippen LogP contribution in [0.2, 0.25) is 0 Å². The summed E-state index contributed by atoms with van der Waals surface area (Å²) >= 11 is 0. The third-order valence-corrected chi connectivity index (χ3v) is 3.54. The molecule has 9 heteroatoms. The first kappa shape index (κ1) is 18.4. The number of aliphatic hydroxyl groups excluding tert-OH is 8. The quantitative estimate of drug-likeness (QED) is 0.209. The minimum absolute atomic E-state index is 0.121. The van der Waals surface area contributed by atoms with Crippen LogP contribution in [0.4, 0.5) is 0 Å². The highest BCUT2D eigenvalue weighted by molar-refractivity contribution is 5.21. The molecule has 1 rings (SSSR count). The molecule has 21 heavy (non-hydrogen) atoms. The number of nitrogens with one attached hydrogen (secondary N) is 1. The van der Waals surface area contributed by atoms with E-state index in [9.17, 15) is 30.6 Å². The summed E-state index contributed by atoms with van der Waals surface area (Å²) in [4.78, 5) is 0. The Morgan fingerprint density at radius 1 is 1.00 bits per heavy atom. The Balaban J connectivity index is 2.63. The van der Waals surface area contributed by atoms with Crippen molar-refractivity contribution in [2.45, 2.75) is 42.7 Å². The van der Waals surface area contributed by atoms with E-state index in [1.165, 1.54) is 6.08 Å². The number of hydrogen-bond donors (Lipinski definition) is 9. The van der Waals surface area contributed by atoms with Gasteiger partial charge in [0.1, 0.15) is 30.5 Å². The molecular weight excluding hydrogens is 286 g/mol. The van der Waals surface area contributed by atoms with E-state index in [0.717, 1.165) is 0 Å². The molecule has 0 aliphatic heterocycles. The molecule has 0 amide bonds. The Bertz CT molecular complexity index is 352. The average molecular weight is 309 g/mol. The predicted molar refractivity (Wildman–Crippen MR) is 70.1 cm³/mol. The fraction of sp³-hybridized carbons (Fsp3) is 0.833. The highest BCUT2D eigenvalue weighted by Crippen LogP contribution is 2.20. The van der Waals surface area contributed by atoms with Crippen LogP contribution in [0, 0.1) is 0 Å². The predicted octanol–water partition coefficient (Wildman–Crippen LogP) is -4.97. The minimum atomic E-state index is -1.58. The van der Waals surface area contributed by atoms with Crippen molar-refractivity contribution in [3.05, 3.63) is 11.6 Å². The molecule has 0 saturated carbocycles. The number of hydrogen-bond acceptors (Lipinski definition) is 9. The molecule has 0 radical (unpaired) electrons. The maximum absolute atomic E-state index is 9.80. The lowest BCUT2D eigenvalue weighted by molar-refractivity contribution is -0.0822. The van der Waals surface area contributed by atoms with Crippen molar-refractivity contribution in [2.75, 3.05) is 19.8 Å². The van der Waals surface area contributed by atoms with Crippen molar-refractivity contribution in [3.63, 3.8) is 0 Å². The summed E-state index contributed by atoms with van der Waals surface area (Å²) in [5.74, 6) is 0. The molecule has 0 saturated heterocycles. The van der Waals surface area contributed by atoms with E-state index in [4.69, 9.17) is 10.2 Å². The summed E-state index contributed by atoms with van der Waals surface area (Å²) in [6.45, 7) is -1.47. The van der Waals surface area contributed by atoms with E-state index >= 15 is 0 Å². The van der Waals surface area contributed by atoms with Crippen LogP contribution in [0.5, 0.6) is 0 Å². The Hall–Kier alpha value is -0.620. The summed E-state index contributed by atoms with van der Waals surface area (Å²) in [5, 5.41) is 77.7. The van der Waals surface area contributed by atoms with Gasteiger partial charge in [0, 0.05) is 6.54 Å². The Morgan fingerprint density at radius 3 is 2.14 bits per heavy atom. The smallest absolute Gasteiger partial charge is 0.111 e. The molecule has 1 aliphatic carbocycles. The molecule has 7 atom stereocenters. The van der Waals surface area contributed by atoms with Crippen molar-refractivity contribution in [1.29, 1.82) is 0 Å². The summed E-state index contributed by atoms with van der Waals surface area (Å²) in [6, 6.07) is -0.862. The molecule has 9 nitrogen and oxygen atoms in total. The summed E-state index contributed by atoms with van der Waals surface area (Å²) in [7, 11) is 0. The Kier molecular flexibility index (Phi) is 7.13. The zero-order valence-electron chi connectivity index (χ0n) is 11.3. The second kappa shape index (κ2) is 8.13. The molecule has 0 heterocycles. The van der Waals surface area contributed by atoms with Gasteiger partial charge in [0.2, 0.25) is 0 Å². The van der Waals surface area contributed by atoms with Crippen LogP contribution in [0.3, 0.4) is 0 Å². The van der Waals surface area contributed by atoms with Gasteiger partial charge in [0.15, 0.2) is 0 Å². The molecule has 0 aromatic rings. The normalized spacial score (nSPS) is 34.2. The summed E-state index contributed by atoms with van der Waals surface area (Å²) in [6.07, 6.45) is -7.44. The van der Waals surface area contributed by atoms with Crippen LogP contribution in [-0.4, -0.2) is 103 Å². The first-order chi connectivity index (χ1) is 9.83. The molecular formula is C12H23NO8.